The maximum Gasteiger partial charge on any atom is 0.224 e. The molecule has 0 unspecified atom stereocenters. The molecule has 0 aliphatic carbocycles. The number of hydrogen-bond acceptors (Lipinski definition) is 4. The van der Waals surface area contributed by atoms with E-state index in [1.54, 1.807) is 6.92 Å². The van der Waals surface area contributed by atoms with Crippen LogP contribution < -0.4 is 10.1 Å². The van der Waals surface area contributed by atoms with Crippen LogP contribution in [0.5, 0.6) is 5.75 Å². The first-order chi connectivity index (χ1) is 12.5. The standard InChI is InChI=1S/C19H30N2O4S/c1-3-25-18-11-9-16(10-12-18)7-5-13-20-19(22)17-8-6-14-21(15-17)26(23,24)4-2/h9-12,17H,3-8,13-15H2,1-2H3,(H,20,22)/t17-/m0/s1. The third-order valence-corrected chi connectivity index (χ3v) is 6.54. The van der Waals surface area contributed by atoms with Gasteiger partial charge in [-0.15, -0.1) is 0 Å². The van der Waals surface area contributed by atoms with Gasteiger partial charge in [0.2, 0.25) is 15.9 Å². The lowest BCUT2D eigenvalue weighted by Gasteiger charge is -2.30. The highest BCUT2D eigenvalue weighted by Gasteiger charge is 2.31. The zero-order chi connectivity index (χ0) is 19.0. The maximum atomic E-state index is 12.3. The van der Waals surface area contributed by atoms with E-state index in [1.807, 2.05) is 31.2 Å². The molecule has 1 aliphatic heterocycles. The lowest BCUT2D eigenvalue weighted by atomic mass is 9.99. The van der Waals surface area contributed by atoms with Gasteiger partial charge >= 0.3 is 0 Å². The van der Waals surface area contributed by atoms with Gasteiger partial charge in [-0.05, 0) is 57.2 Å². The van der Waals surface area contributed by atoms with E-state index in [2.05, 4.69) is 5.32 Å². The molecule has 0 aromatic heterocycles. The summed E-state index contributed by atoms with van der Waals surface area (Å²) in [5.41, 5.74) is 1.21. The Morgan fingerprint density at radius 3 is 2.65 bits per heavy atom. The third kappa shape index (κ3) is 5.99. The Hall–Kier alpha value is -1.60. The van der Waals surface area contributed by atoms with Crippen molar-refractivity contribution in [2.24, 2.45) is 5.92 Å². The van der Waals surface area contributed by atoms with Gasteiger partial charge in [0.15, 0.2) is 0 Å². The molecule has 2 rings (SSSR count). The van der Waals surface area contributed by atoms with Crippen molar-refractivity contribution in [1.82, 2.24) is 9.62 Å². The molecule has 7 heteroatoms. The molecule has 1 N–H and O–H groups in total. The summed E-state index contributed by atoms with van der Waals surface area (Å²) >= 11 is 0. The number of nitrogens with one attached hydrogen (secondary N) is 1. The summed E-state index contributed by atoms with van der Waals surface area (Å²) in [6.07, 6.45) is 3.22. The van der Waals surface area contributed by atoms with Crippen LogP contribution in [-0.4, -0.2) is 50.6 Å². The van der Waals surface area contributed by atoms with Crippen molar-refractivity contribution in [2.75, 3.05) is 32.0 Å². The van der Waals surface area contributed by atoms with Crippen LogP contribution in [0.1, 0.15) is 38.7 Å². The van der Waals surface area contributed by atoms with Gasteiger partial charge < -0.3 is 10.1 Å². The largest absolute Gasteiger partial charge is 0.494 e. The minimum Gasteiger partial charge on any atom is -0.494 e. The predicted molar refractivity (Wildman–Crippen MR) is 103 cm³/mol. The van der Waals surface area contributed by atoms with E-state index in [9.17, 15) is 13.2 Å². The number of amides is 1. The van der Waals surface area contributed by atoms with Crippen molar-refractivity contribution >= 4 is 15.9 Å². The van der Waals surface area contributed by atoms with Crippen LogP contribution in [0.4, 0.5) is 0 Å². The molecular weight excluding hydrogens is 352 g/mol. The monoisotopic (exact) mass is 382 g/mol. The highest BCUT2D eigenvalue weighted by atomic mass is 32.2. The average molecular weight is 383 g/mol. The molecule has 1 atom stereocenters. The number of nitrogens with zero attached hydrogens (tertiary/aromatic N) is 1. The van der Waals surface area contributed by atoms with E-state index < -0.39 is 10.0 Å². The lowest BCUT2D eigenvalue weighted by molar-refractivity contribution is -0.126. The molecule has 6 nitrogen and oxygen atoms in total. The van der Waals surface area contributed by atoms with E-state index in [4.69, 9.17) is 4.74 Å². The fourth-order valence-electron chi connectivity index (χ4n) is 3.16. The molecule has 0 spiro atoms. The summed E-state index contributed by atoms with van der Waals surface area (Å²) in [6, 6.07) is 8.01. The molecule has 1 aromatic rings. The van der Waals surface area contributed by atoms with E-state index in [1.165, 1.54) is 9.87 Å². The summed E-state index contributed by atoms with van der Waals surface area (Å²) < 4.78 is 30.9. The van der Waals surface area contributed by atoms with Crippen LogP contribution in [0.3, 0.4) is 0 Å². The van der Waals surface area contributed by atoms with Gasteiger partial charge in [0, 0.05) is 19.6 Å². The van der Waals surface area contributed by atoms with E-state index in [0.717, 1.165) is 31.4 Å². The van der Waals surface area contributed by atoms with Crippen molar-refractivity contribution in [3.8, 4) is 5.75 Å². The second-order valence-corrected chi connectivity index (χ2v) is 8.83. The van der Waals surface area contributed by atoms with Crippen LogP contribution in [0.15, 0.2) is 24.3 Å². The Bertz CT molecular complexity index is 673. The van der Waals surface area contributed by atoms with Crippen LogP contribution in [0.25, 0.3) is 0 Å². The van der Waals surface area contributed by atoms with Crippen molar-refractivity contribution in [1.29, 1.82) is 0 Å². The van der Waals surface area contributed by atoms with Crippen LogP contribution >= 0.6 is 0 Å². The minimum absolute atomic E-state index is 0.0345. The van der Waals surface area contributed by atoms with E-state index in [-0.39, 0.29) is 17.6 Å². The number of aryl methyl sites for hydroxylation is 1. The second-order valence-electron chi connectivity index (χ2n) is 6.57. The SMILES string of the molecule is CCOc1ccc(CCCNC(=O)[C@H]2CCCN(S(=O)(=O)CC)C2)cc1. The van der Waals surface area contributed by atoms with Crippen LogP contribution in [0, 0.1) is 5.92 Å². The van der Waals surface area contributed by atoms with Gasteiger partial charge in [0.05, 0.1) is 18.3 Å². The number of hydrogen-bond donors (Lipinski definition) is 1. The smallest absolute Gasteiger partial charge is 0.224 e. The molecule has 1 aromatic carbocycles. The molecule has 0 bridgehead atoms. The zero-order valence-electron chi connectivity index (χ0n) is 15.7. The van der Waals surface area contributed by atoms with Gasteiger partial charge in [-0.25, -0.2) is 12.7 Å². The number of piperidine rings is 1. The second kappa shape index (κ2) is 9.92. The summed E-state index contributed by atoms with van der Waals surface area (Å²) in [7, 11) is -3.21. The van der Waals surface area contributed by atoms with Gasteiger partial charge in [-0.2, -0.15) is 0 Å². The Balaban J connectivity index is 1.73. The first-order valence-corrected chi connectivity index (χ1v) is 11.0. The third-order valence-electron chi connectivity index (χ3n) is 4.69. The van der Waals surface area contributed by atoms with Gasteiger partial charge in [-0.1, -0.05) is 12.1 Å². The highest BCUT2D eigenvalue weighted by Crippen LogP contribution is 2.19. The van der Waals surface area contributed by atoms with Crippen LogP contribution in [0.2, 0.25) is 0 Å². The first-order valence-electron chi connectivity index (χ1n) is 9.43. The molecule has 1 saturated heterocycles. The summed E-state index contributed by atoms with van der Waals surface area (Å²) in [5, 5.41) is 2.96. The molecule has 1 heterocycles. The highest BCUT2D eigenvalue weighted by molar-refractivity contribution is 7.89. The Morgan fingerprint density at radius 1 is 1.27 bits per heavy atom. The summed E-state index contributed by atoms with van der Waals surface area (Å²) in [4.78, 5) is 12.3. The molecule has 1 fully saturated rings. The normalized spacial score (nSPS) is 18.5. The number of ether oxygens (including phenoxy) is 1. The molecule has 0 saturated carbocycles. The lowest BCUT2D eigenvalue weighted by Crippen LogP contribution is -2.46. The van der Waals surface area contributed by atoms with Crippen molar-refractivity contribution in [3.05, 3.63) is 29.8 Å². The van der Waals surface area contributed by atoms with Crippen LogP contribution in [-0.2, 0) is 21.2 Å². The molecule has 1 amide bonds. The average Bonchev–Trinajstić information content (AvgIpc) is 2.66. The van der Waals surface area contributed by atoms with E-state index >= 15 is 0 Å². The fourth-order valence-corrected chi connectivity index (χ4v) is 4.34. The van der Waals surface area contributed by atoms with Crippen molar-refractivity contribution in [3.63, 3.8) is 0 Å². The number of benzene rings is 1. The number of sulfonamides is 1. The molecule has 26 heavy (non-hydrogen) atoms. The number of carbonyl (C=O) groups is 1. The molecule has 1 aliphatic rings. The summed E-state index contributed by atoms with van der Waals surface area (Å²) in [5.74, 6) is 0.681. The Morgan fingerprint density at radius 2 is 2.00 bits per heavy atom. The molecule has 0 radical (unpaired) electrons. The maximum absolute atomic E-state index is 12.3. The number of carbonyl (C=O) groups excluding carboxylic acids is 1. The topological polar surface area (TPSA) is 75.7 Å². The zero-order valence-corrected chi connectivity index (χ0v) is 16.6. The van der Waals surface area contributed by atoms with E-state index in [0.29, 0.717) is 26.2 Å². The molecular formula is C19H30N2O4S. The number of rotatable bonds is 9. The minimum atomic E-state index is -3.21. The first kappa shape index (κ1) is 20.7. The summed E-state index contributed by atoms with van der Waals surface area (Å²) in [6.45, 7) is 5.69. The molecule has 146 valence electrons. The van der Waals surface area contributed by atoms with Gasteiger partial charge in [0.1, 0.15) is 5.75 Å². The van der Waals surface area contributed by atoms with Gasteiger partial charge in [-0.3, -0.25) is 4.79 Å². The predicted octanol–water partition coefficient (Wildman–Crippen LogP) is 2.20. The fraction of sp³-hybridized carbons (Fsp3) is 0.632. The Kier molecular flexibility index (Phi) is 7.90. The Labute approximate surface area is 157 Å². The quantitative estimate of drug-likeness (QED) is 0.665. The van der Waals surface area contributed by atoms with Crippen molar-refractivity contribution in [2.45, 2.75) is 39.5 Å². The van der Waals surface area contributed by atoms with Crippen molar-refractivity contribution < 1.29 is 17.9 Å². The van der Waals surface area contributed by atoms with Gasteiger partial charge in [0.25, 0.3) is 0 Å².